The number of furan rings is 1. The molecule has 2 amide bonds. The van der Waals surface area contributed by atoms with E-state index in [0.29, 0.717) is 5.69 Å². The van der Waals surface area contributed by atoms with Crippen LogP contribution in [-0.2, 0) is 11.3 Å². The Kier molecular flexibility index (Phi) is 5.72. The number of nitrogens with one attached hydrogen (secondary N) is 1. The van der Waals surface area contributed by atoms with Gasteiger partial charge in [0.25, 0.3) is 0 Å². The van der Waals surface area contributed by atoms with Crippen molar-refractivity contribution in [3.63, 3.8) is 0 Å². The van der Waals surface area contributed by atoms with Crippen LogP contribution in [0.25, 0.3) is 0 Å². The Morgan fingerprint density at radius 1 is 1.40 bits per heavy atom. The molecule has 1 saturated heterocycles. The fraction of sp³-hybridized carbons (Fsp3) is 0.529. The Morgan fingerprint density at radius 2 is 2.20 bits per heavy atom. The van der Waals surface area contributed by atoms with Crippen LogP contribution < -0.4 is 5.32 Å². The van der Waals surface area contributed by atoms with E-state index in [2.05, 4.69) is 15.3 Å². The summed E-state index contributed by atoms with van der Waals surface area (Å²) in [6, 6.07) is 3.33. The third-order valence-electron chi connectivity index (χ3n) is 4.49. The van der Waals surface area contributed by atoms with Crippen LogP contribution in [0.4, 0.5) is 10.5 Å². The van der Waals surface area contributed by atoms with E-state index < -0.39 is 0 Å². The molecule has 1 aliphatic rings. The van der Waals surface area contributed by atoms with Crippen LogP contribution in [0.3, 0.4) is 0 Å². The highest BCUT2D eigenvalue weighted by Crippen LogP contribution is 2.20. The van der Waals surface area contributed by atoms with E-state index in [-0.39, 0.29) is 12.1 Å². The lowest BCUT2D eigenvalue weighted by Crippen LogP contribution is -2.38. The number of ether oxygens (including phenoxy) is 1. The normalized spacial score (nSPS) is 16.6. The molecule has 0 saturated carbocycles. The van der Waals surface area contributed by atoms with Crippen LogP contribution >= 0.6 is 0 Å². The first kappa shape index (κ1) is 17.5. The second-order valence-electron chi connectivity index (χ2n) is 6.18. The number of carbonyl (C=O) groups excluding carboxylic acids is 1. The number of urea groups is 1. The molecule has 0 aromatic carbocycles. The quantitative estimate of drug-likeness (QED) is 0.865. The van der Waals surface area contributed by atoms with Gasteiger partial charge in [-0.15, -0.1) is 0 Å². The SMILES string of the molecule is C[C@H](c1ccco1)N(C)C(=O)Nc1cnn(CCN2CCOCC2)c1. The Bertz CT molecular complexity index is 664. The van der Waals surface area contributed by atoms with Crippen LogP contribution in [-0.4, -0.2) is 65.5 Å². The first-order chi connectivity index (χ1) is 12.1. The Hall–Kier alpha value is -2.32. The van der Waals surface area contributed by atoms with Gasteiger partial charge < -0.3 is 19.4 Å². The highest BCUT2D eigenvalue weighted by molar-refractivity contribution is 5.89. The predicted octanol–water partition coefficient (Wildman–Crippen LogP) is 2.03. The number of carbonyl (C=O) groups is 1. The maximum atomic E-state index is 12.4. The molecule has 1 N–H and O–H groups in total. The smallest absolute Gasteiger partial charge is 0.322 e. The average molecular weight is 347 g/mol. The number of hydrogen-bond donors (Lipinski definition) is 1. The molecule has 2 aromatic rings. The number of morpholine rings is 1. The number of nitrogens with zero attached hydrogens (tertiary/aromatic N) is 4. The number of hydrogen-bond acceptors (Lipinski definition) is 5. The average Bonchev–Trinajstić information content (AvgIpc) is 3.31. The molecule has 0 bridgehead atoms. The highest BCUT2D eigenvalue weighted by atomic mass is 16.5. The minimum atomic E-state index is -0.198. The second kappa shape index (κ2) is 8.17. The standard InChI is InChI=1S/C17H25N5O3/c1-14(16-4-3-9-25-16)20(2)17(23)19-15-12-18-22(13-15)6-5-21-7-10-24-11-8-21/h3-4,9,12-14H,5-8,10-11H2,1-2H3,(H,19,23)/t14-/m1/s1. The van der Waals surface area contributed by atoms with Crippen LogP contribution in [0.5, 0.6) is 0 Å². The molecule has 25 heavy (non-hydrogen) atoms. The van der Waals surface area contributed by atoms with E-state index >= 15 is 0 Å². The van der Waals surface area contributed by atoms with E-state index in [9.17, 15) is 4.79 Å². The van der Waals surface area contributed by atoms with Gasteiger partial charge in [-0.1, -0.05) is 0 Å². The Morgan fingerprint density at radius 3 is 2.92 bits per heavy atom. The fourth-order valence-corrected chi connectivity index (χ4v) is 2.73. The molecular formula is C17H25N5O3. The van der Waals surface area contributed by atoms with E-state index in [1.165, 1.54) is 0 Å². The second-order valence-corrected chi connectivity index (χ2v) is 6.18. The van der Waals surface area contributed by atoms with E-state index in [1.54, 1.807) is 24.4 Å². The van der Waals surface area contributed by atoms with Crippen LogP contribution in [0.1, 0.15) is 18.7 Å². The molecule has 0 unspecified atom stereocenters. The first-order valence-corrected chi connectivity index (χ1v) is 8.53. The molecular weight excluding hydrogens is 322 g/mol. The molecule has 1 fully saturated rings. The first-order valence-electron chi connectivity index (χ1n) is 8.53. The molecule has 0 aliphatic carbocycles. The van der Waals surface area contributed by atoms with Gasteiger partial charge in [0.05, 0.1) is 43.9 Å². The van der Waals surface area contributed by atoms with Crippen LogP contribution in [0.15, 0.2) is 35.2 Å². The monoisotopic (exact) mass is 347 g/mol. The molecule has 3 heterocycles. The largest absolute Gasteiger partial charge is 0.467 e. The third kappa shape index (κ3) is 4.61. The van der Waals surface area contributed by atoms with Gasteiger partial charge >= 0.3 is 6.03 Å². The number of aromatic nitrogens is 2. The fourth-order valence-electron chi connectivity index (χ4n) is 2.73. The molecule has 1 aliphatic heterocycles. The van der Waals surface area contributed by atoms with Gasteiger partial charge in [-0.25, -0.2) is 4.79 Å². The summed E-state index contributed by atoms with van der Waals surface area (Å²) in [6.45, 7) is 7.13. The van der Waals surface area contributed by atoms with Crippen LogP contribution in [0.2, 0.25) is 0 Å². The van der Waals surface area contributed by atoms with Crippen LogP contribution in [0, 0.1) is 0 Å². The molecule has 0 radical (unpaired) electrons. The lowest BCUT2D eigenvalue weighted by atomic mass is 10.2. The van der Waals surface area contributed by atoms with Gasteiger partial charge in [-0.2, -0.15) is 5.10 Å². The van der Waals surface area contributed by atoms with Crippen molar-refractivity contribution in [3.8, 4) is 0 Å². The number of anilines is 1. The number of rotatable bonds is 6. The van der Waals surface area contributed by atoms with Gasteiger partial charge in [0, 0.05) is 32.9 Å². The zero-order chi connectivity index (χ0) is 17.6. The predicted molar refractivity (Wildman–Crippen MR) is 93.4 cm³/mol. The van der Waals surface area contributed by atoms with E-state index in [1.807, 2.05) is 29.9 Å². The summed E-state index contributed by atoms with van der Waals surface area (Å²) < 4.78 is 12.6. The number of amides is 2. The van der Waals surface area contributed by atoms with Gasteiger partial charge in [0.2, 0.25) is 0 Å². The van der Waals surface area contributed by atoms with Gasteiger partial charge in [0.15, 0.2) is 0 Å². The molecule has 1 atom stereocenters. The zero-order valence-corrected chi connectivity index (χ0v) is 14.7. The maximum absolute atomic E-state index is 12.4. The van der Waals surface area contributed by atoms with Gasteiger partial charge in [0.1, 0.15) is 5.76 Å². The van der Waals surface area contributed by atoms with Crippen molar-refractivity contribution in [2.45, 2.75) is 19.5 Å². The van der Waals surface area contributed by atoms with Crippen molar-refractivity contribution < 1.29 is 13.9 Å². The minimum absolute atomic E-state index is 0.147. The Balaban J connectivity index is 1.49. The lowest BCUT2D eigenvalue weighted by molar-refractivity contribution is 0.0360. The van der Waals surface area contributed by atoms with E-state index in [0.717, 1.165) is 45.2 Å². The molecule has 8 nitrogen and oxygen atoms in total. The summed E-state index contributed by atoms with van der Waals surface area (Å²) in [6.07, 6.45) is 5.13. The zero-order valence-electron chi connectivity index (χ0n) is 14.7. The van der Waals surface area contributed by atoms with Crippen molar-refractivity contribution in [2.24, 2.45) is 0 Å². The summed E-state index contributed by atoms with van der Waals surface area (Å²) in [5, 5.41) is 7.19. The highest BCUT2D eigenvalue weighted by Gasteiger charge is 2.20. The van der Waals surface area contributed by atoms with E-state index in [4.69, 9.17) is 9.15 Å². The maximum Gasteiger partial charge on any atom is 0.322 e. The molecule has 136 valence electrons. The van der Waals surface area contributed by atoms with Gasteiger partial charge in [-0.3, -0.25) is 9.58 Å². The van der Waals surface area contributed by atoms with Gasteiger partial charge in [-0.05, 0) is 19.1 Å². The summed E-state index contributed by atoms with van der Waals surface area (Å²) >= 11 is 0. The van der Waals surface area contributed by atoms with Crippen molar-refractivity contribution in [1.29, 1.82) is 0 Å². The van der Waals surface area contributed by atoms with Crippen molar-refractivity contribution in [1.82, 2.24) is 19.6 Å². The molecule has 0 spiro atoms. The molecule has 2 aromatic heterocycles. The Labute approximate surface area is 147 Å². The van der Waals surface area contributed by atoms with Crippen molar-refractivity contribution >= 4 is 11.7 Å². The summed E-state index contributed by atoms with van der Waals surface area (Å²) in [7, 11) is 1.74. The third-order valence-corrected chi connectivity index (χ3v) is 4.49. The van der Waals surface area contributed by atoms with Crippen molar-refractivity contribution in [3.05, 3.63) is 36.5 Å². The summed E-state index contributed by atoms with van der Waals surface area (Å²) in [5.41, 5.74) is 0.686. The summed E-state index contributed by atoms with van der Waals surface area (Å²) in [4.78, 5) is 16.3. The molecule has 3 rings (SSSR count). The lowest BCUT2D eigenvalue weighted by Gasteiger charge is -2.26. The summed E-state index contributed by atoms with van der Waals surface area (Å²) in [5.74, 6) is 0.749. The molecule has 8 heteroatoms. The minimum Gasteiger partial charge on any atom is -0.467 e. The topological polar surface area (TPSA) is 75.8 Å². The van der Waals surface area contributed by atoms with Crippen molar-refractivity contribution in [2.75, 3.05) is 45.2 Å².